The number of unbranched alkanes of at least 4 members (excludes halogenated alkanes) is 5. The van der Waals surface area contributed by atoms with E-state index in [2.05, 4.69) is 6.92 Å². The van der Waals surface area contributed by atoms with Gasteiger partial charge in [0.05, 0.1) is 11.4 Å². The van der Waals surface area contributed by atoms with Gasteiger partial charge in [0, 0.05) is 0 Å². The molecule has 0 rings (SSSR count). The minimum atomic E-state index is -4.38. The summed E-state index contributed by atoms with van der Waals surface area (Å²) in [5, 5.41) is 8.58. The molecule has 0 saturated carbocycles. The number of aliphatic hydroxyl groups is 1. The normalized spacial score (nSPS) is 14.7. The predicted octanol–water partition coefficient (Wildman–Crippen LogP) is -0.184. The van der Waals surface area contributed by atoms with Crippen molar-refractivity contribution in [2.45, 2.75) is 83.0 Å². The molecule has 0 fully saturated rings. The minimum absolute atomic E-state index is 0. The van der Waals surface area contributed by atoms with Crippen molar-refractivity contribution >= 4 is 10.1 Å². The molecule has 2 atom stereocenters. The van der Waals surface area contributed by atoms with E-state index >= 15 is 0 Å². The van der Waals surface area contributed by atoms with Gasteiger partial charge in [-0.3, -0.25) is 0 Å². The fourth-order valence-electron chi connectivity index (χ4n) is 2.14. The van der Waals surface area contributed by atoms with Crippen LogP contribution in [0, 0.1) is 0 Å². The van der Waals surface area contributed by atoms with E-state index < -0.39 is 21.5 Å². The molecule has 0 amide bonds. The van der Waals surface area contributed by atoms with Gasteiger partial charge in [-0.2, -0.15) is 0 Å². The Balaban J connectivity index is 0. The first-order chi connectivity index (χ1) is 8.43. The van der Waals surface area contributed by atoms with Crippen LogP contribution in [0.25, 0.3) is 0 Å². The van der Waals surface area contributed by atoms with Gasteiger partial charge in [0.2, 0.25) is 0 Å². The summed E-state index contributed by atoms with van der Waals surface area (Å²) in [7, 11) is -4.38. The molecule has 0 aliphatic carbocycles. The molecule has 1 N–H and O–H groups in total. The molecule has 6 heteroatoms. The Morgan fingerprint density at radius 2 is 1.47 bits per heavy atom. The first-order valence-electron chi connectivity index (χ1n) is 7.06. The molecule has 0 heterocycles. The molecule has 0 radical (unpaired) electrons. The van der Waals surface area contributed by atoms with Crippen LogP contribution < -0.4 is 51.4 Å². The van der Waals surface area contributed by atoms with Crippen LogP contribution in [0.5, 0.6) is 0 Å². The molecule has 0 aliphatic heterocycles. The predicted molar refractivity (Wildman–Crippen MR) is 72.4 cm³/mol. The van der Waals surface area contributed by atoms with Crippen LogP contribution in [0.3, 0.4) is 0 Å². The Hall–Kier alpha value is 1.51. The van der Waals surface area contributed by atoms with E-state index in [1.807, 2.05) is 6.92 Å². The van der Waals surface area contributed by atoms with Crippen LogP contribution in [0.4, 0.5) is 0 Å². The van der Waals surface area contributed by atoms with Gasteiger partial charge in [-0.25, -0.2) is 8.42 Å². The van der Waals surface area contributed by atoms with Gasteiger partial charge in [-0.15, -0.1) is 0 Å². The zero-order chi connectivity index (χ0) is 14.0. The third-order valence-corrected chi connectivity index (χ3v) is 4.52. The Labute approximate surface area is 160 Å². The number of aliphatic hydroxyl groups excluding tert-OH is 1. The van der Waals surface area contributed by atoms with Crippen molar-refractivity contribution < 1.29 is 69.5 Å². The van der Waals surface area contributed by atoms with Gasteiger partial charge >= 0.3 is 51.4 Å². The van der Waals surface area contributed by atoms with E-state index in [9.17, 15) is 18.1 Å². The molecule has 19 heavy (non-hydrogen) atoms. The molecule has 0 aromatic heterocycles. The summed E-state index contributed by atoms with van der Waals surface area (Å²) < 4.78 is 33.3. The van der Waals surface area contributed by atoms with Gasteiger partial charge in [0.25, 0.3) is 0 Å². The third kappa shape index (κ3) is 11.8. The molecule has 110 valence electrons. The second kappa shape index (κ2) is 13.2. The Bertz CT molecular complexity index is 293. The largest absolute Gasteiger partial charge is 1.00 e. The van der Waals surface area contributed by atoms with Gasteiger partial charge in [-0.1, -0.05) is 58.8 Å². The summed E-state index contributed by atoms with van der Waals surface area (Å²) >= 11 is 0. The molecular formula is C13H27KO4S. The molecule has 0 aromatic carbocycles. The van der Waals surface area contributed by atoms with Crippen molar-refractivity contribution in [2.75, 3.05) is 0 Å². The molecule has 0 saturated heterocycles. The molecule has 0 aliphatic rings. The van der Waals surface area contributed by atoms with E-state index in [1.54, 1.807) is 0 Å². The number of rotatable bonds is 11. The molecule has 4 nitrogen and oxygen atoms in total. The molecule has 0 aromatic rings. The van der Waals surface area contributed by atoms with Crippen LogP contribution in [-0.2, 0) is 10.1 Å². The first-order valence-corrected chi connectivity index (χ1v) is 8.53. The summed E-state index contributed by atoms with van der Waals surface area (Å²) in [6.45, 7) is 4.00. The first kappa shape index (κ1) is 22.8. The van der Waals surface area contributed by atoms with Gasteiger partial charge in [-0.05, 0) is 12.8 Å². The van der Waals surface area contributed by atoms with E-state index in [1.165, 1.54) is 12.8 Å². The number of hydrogen-bond donors (Lipinski definition) is 1. The summed E-state index contributed by atoms with van der Waals surface area (Å²) in [4.78, 5) is 0. The standard InChI is InChI=1S/C13H28O4S.K/c1-3-5-6-7-8-9-11-13(18(15,16)17)12(14)10-4-2;/h12-14H,3-11H2,1-2H3,(H,15,16,17);/q;+1/p-1. The summed E-state index contributed by atoms with van der Waals surface area (Å²) in [5.74, 6) is 0. The Morgan fingerprint density at radius 1 is 0.947 bits per heavy atom. The van der Waals surface area contributed by atoms with E-state index in [-0.39, 0.29) is 51.4 Å². The van der Waals surface area contributed by atoms with Gasteiger partial charge < -0.3 is 9.66 Å². The van der Waals surface area contributed by atoms with Crippen molar-refractivity contribution in [2.24, 2.45) is 0 Å². The third-order valence-electron chi connectivity index (χ3n) is 3.23. The smallest absolute Gasteiger partial charge is 0.748 e. The summed E-state index contributed by atoms with van der Waals surface area (Å²) in [5.41, 5.74) is 0. The Kier molecular flexibility index (Phi) is 15.8. The van der Waals surface area contributed by atoms with Crippen LogP contribution in [0.1, 0.15) is 71.6 Å². The molecule has 2 unspecified atom stereocenters. The minimum Gasteiger partial charge on any atom is -0.748 e. The van der Waals surface area contributed by atoms with Crippen molar-refractivity contribution in [3.8, 4) is 0 Å². The van der Waals surface area contributed by atoms with Gasteiger partial charge in [0.15, 0.2) is 0 Å². The van der Waals surface area contributed by atoms with Crippen LogP contribution in [-0.4, -0.2) is 29.4 Å². The number of hydrogen-bond acceptors (Lipinski definition) is 4. The van der Waals surface area contributed by atoms with Crippen LogP contribution in [0.2, 0.25) is 0 Å². The topological polar surface area (TPSA) is 77.4 Å². The van der Waals surface area contributed by atoms with Crippen molar-refractivity contribution in [3.63, 3.8) is 0 Å². The average Bonchev–Trinajstić information content (AvgIpc) is 2.26. The maximum absolute atomic E-state index is 11.1. The SMILES string of the molecule is CCCCCCCCC(C(O)CCC)S(=O)(=O)[O-].[K+]. The van der Waals surface area contributed by atoms with E-state index in [0.717, 1.165) is 19.3 Å². The van der Waals surface area contributed by atoms with E-state index in [4.69, 9.17) is 0 Å². The molecule has 0 spiro atoms. The second-order valence-corrected chi connectivity index (χ2v) is 6.53. The quantitative estimate of drug-likeness (QED) is 0.326. The Morgan fingerprint density at radius 3 is 1.95 bits per heavy atom. The van der Waals surface area contributed by atoms with Gasteiger partial charge in [0.1, 0.15) is 10.1 Å². The second-order valence-electron chi connectivity index (χ2n) is 4.94. The summed E-state index contributed by atoms with van der Waals surface area (Å²) in [6, 6.07) is 0. The molecule has 0 bridgehead atoms. The fourth-order valence-corrected chi connectivity index (χ4v) is 3.11. The van der Waals surface area contributed by atoms with Crippen molar-refractivity contribution in [3.05, 3.63) is 0 Å². The monoisotopic (exact) mass is 318 g/mol. The van der Waals surface area contributed by atoms with E-state index in [0.29, 0.717) is 25.7 Å². The molecular weight excluding hydrogens is 291 g/mol. The van der Waals surface area contributed by atoms with Crippen molar-refractivity contribution in [1.29, 1.82) is 0 Å². The van der Waals surface area contributed by atoms with Crippen LogP contribution in [0.15, 0.2) is 0 Å². The average molecular weight is 319 g/mol. The van der Waals surface area contributed by atoms with Crippen molar-refractivity contribution in [1.82, 2.24) is 0 Å². The maximum atomic E-state index is 11.1. The zero-order valence-corrected chi connectivity index (χ0v) is 16.5. The zero-order valence-electron chi connectivity index (χ0n) is 12.6. The fraction of sp³-hybridized carbons (Fsp3) is 1.00. The van der Waals surface area contributed by atoms with Crippen LogP contribution >= 0.6 is 0 Å². The summed E-state index contributed by atoms with van der Waals surface area (Å²) in [6.07, 6.45) is 6.58. The maximum Gasteiger partial charge on any atom is 1.00 e.